The maximum atomic E-state index is 13.1. The predicted octanol–water partition coefficient (Wildman–Crippen LogP) is 4.41. The summed E-state index contributed by atoms with van der Waals surface area (Å²) in [7, 11) is 0. The predicted molar refractivity (Wildman–Crippen MR) is 123 cm³/mol. The van der Waals surface area contributed by atoms with Crippen LogP contribution >= 0.6 is 23.4 Å². The first kappa shape index (κ1) is 20.8. The number of hydrogen-bond acceptors (Lipinski definition) is 5. The average molecular weight is 443 g/mol. The largest absolute Gasteiger partial charge is 0.486 e. The Labute approximate surface area is 184 Å². The highest BCUT2D eigenvalue weighted by Gasteiger charge is 2.20. The fraction of sp³-hybridized carbons (Fsp3) is 0.261. The molecule has 0 radical (unpaired) electrons. The Kier molecular flexibility index (Phi) is 6.37. The SMILES string of the molecule is C=C(Cl)Cn1c(=O)c(CNC[C@@H]2COc3ccccc3O2)cc2ccc(SC)cc21. The van der Waals surface area contributed by atoms with E-state index in [-0.39, 0.29) is 18.2 Å². The molecule has 0 amide bonds. The third-order valence-corrected chi connectivity index (χ3v) is 5.81. The summed E-state index contributed by atoms with van der Waals surface area (Å²) in [5.74, 6) is 1.51. The molecule has 1 atom stereocenters. The van der Waals surface area contributed by atoms with Crippen LogP contribution in [0.5, 0.6) is 11.5 Å². The first-order valence-corrected chi connectivity index (χ1v) is 11.3. The van der Waals surface area contributed by atoms with E-state index in [9.17, 15) is 4.79 Å². The molecule has 30 heavy (non-hydrogen) atoms. The molecule has 0 fully saturated rings. The lowest BCUT2D eigenvalue weighted by Crippen LogP contribution is -2.39. The van der Waals surface area contributed by atoms with Crippen molar-refractivity contribution in [3.05, 3.63) is 76.1 Å². The molecule has 0 aliphatic carbocycles. The maximum absolute atomic E-state index is 13.1. The highest BCUT2D eigenvalue weighted by atomic mass is 35.5. The van der Waals surface area contributed by atoms with E-state index in [0.29, 0.717) is 30.3 Å². The van der Waals surface area contributed by atoms with Crippen LogP contribution in [0.1, 0.15) is 5.56 Å². The summed E-state index contributed by atoms with van der Waals surface area (Å²) in [4.78, 5) is 14.2. The zero-order chi connectivity index (χ0) is 21.1. The summed E-state index contributed by atoms with van der Waals surface area (Å²) >= 11 is 7.69. The topological polar surface area (TPSA) is 52.5 Å². The van der Waals surface area contributed by atoms with Crippen LogP contribution in [-0.2, 0) is 13.1 Å². The molecule has 1 N–H and O–H groups in total. The van der Waals surface area contributed by atoms with Gasteiger partial charge in [-0.3, -0.25) is 4.79 Å². The quantitative estimate of drug-likeness (QED) is 0.549. The molecule has 1 aliphatic rings. The number of allylic oxidation sites excluding steroid dienone is 1. The van der Waals surface area contributed by atoms with Crippen LogP contribution in [0.25, 0.3) is 10.9 Å². The number of nitrogens with one attached hydrogen (secondary N) is 1. The molecule has 5 nitrogen and oxygen atoms in total. The zero-order valence-electron chi connectivity index (χ0n) is 16.7. The normalized spacial score (nSPS) is 15.3. The van der Waals surface area contributed by atoms with Gasteiger partial charge in [0.1, 0.15) is 12.7 Å². The lowest BCUT2D eigenvalue weighted by atomic mass is 10.1. The van der Waals surface area contributed by atoms with E-state index < -0.39 is 0 Å². The number of rotatable bonds is 7. The van der Waals surface area contributed by atoms with Crippen molar-refractivity contribution >= 4 is 34.3 Å². The third kappa shape index (κ3) is 4.51. The Balaban J connectivity index is 1.52. The Bertz CT molecular complexity index is 1140. The standard InChI is InChI=1S/C23H23ClN2O3S/c1-15(24)13-26-20-10-19(30-2)8-7-16(20)9-17(23(26)27)11-25-12-18-14-28-21-5-3-4-6-22(21)29-18/h3-10,18,25H,1,11-14H2,2H3/t18-/m1/s1. The molecule has 1 aromatic heterocycles. The number of thioether (sulfide) groups is 1. The van der Waals surface area contributed by atoms with Crippen LogP contribution in [-0.4, -0.2) is 30.1 Å². The number of pyridine rings is 1. The maximum Gasteiger partial charge on any atom is 0.255 e. The minimum atomic E-state index is -0.116. The number of fused-ring (bicyclic) bond motifs is 2. The molecule has 0 saturated carbocycles. The summed E-state index contributed by atoms with van der Waals surface area (Å²) in [6.45, 7) is 5.51. The van der Waals surface area contributed by atoms with E-state index in [4.69, 9.17) is 21.1 Å². The second-order valence-electron chi connectivity index (χ2n) is 7.13. The van der Waals surface area contributed by atoms with Crippen molar-refractivity contribution in [2.24, 2.45) is 0 Å². The summed E-state index contributed by atoms with van der Waals surface area (Å²) in [6, 6.07) is 15.7. The fourth-order valence-corrected chi connectivity index (χ4v) is 4.08. The average Bonchev–Trinajstić information content (AvgIpc) is 2.75. The van der Waals surface area contributed by atoms with Gasteiger partial charge < -0.3 is 19.4 Å². The summed E-state index contributed by atoms with van der Waals surface area (Å²) in [5.41, 5.74) is 1.47. The third-order valence-electron chi connectivity index (χ3n) is 4.96. The molecule has 0 bridgehead atoms. The van der Waals surface area contributed by atoms with Crippen LogP contribution in [0.3, 0.4) is 0 Å². The molecule has 3 aromatic rings. The second-order valence-corrected chi connectivity index (χ2v) is 8.55. The van der Waals surface area contributed by atoms with Crippen LogP contribution in [0.4, 0.5) is 0 Å². The molecular formula is C23H23ClN2O3S. The van der Waals surface area contributed by atoms with Crippen LogP contribution < -0.4 is 20.3 Å². The monoisotopic (exact) mass is 442 g/mol. The first-order chi connectivity index (χ1) is 14.5. The Hall–Kier alpha value is -2.41. The second kappa shape index (κ2) is 9.16. The number of benzene rings is 2. The van der Waals surface area contributed by atoms with Gasteiger partial charge in [0.15, 0.2) is 11.5 Å². The number of ether oxygens (including phenoxy) is 2. The molecule has 0 saturated heterocycles. The van der Waals surface area contributed by atoms with E-state index in [0.717, 1.165) is 27.3 Å². The van der Waals surface area contributed by atoms with Gasteiger partial charge in [-0.15, -0.1) is 11.8 Å². The van der Waals surface area contributed by atoms with Crippen molar-refractivity contribution in [3.63, 3.8) is 0 Å². The van der Waals surface area contributed by atoms with E-state index in [2.05, 4.69) is 18.0 Å². The van der Waals surface area contributed by atoms with E-state index in [1.54, 1.807) is 16.3 Å². The van der Waals surface area contributed by atoms with E-state index >= 15 is 0 Å². The number of nitrogens with zero attached hydrogens (tertiary/aromatic N) is 1. The summed E-state index contributed by atoms with van der Waals surface area (Å²) in [6.07, 6.45) is 1.90. The van der Waals surface area contributed by atoms with Crippen molar-refractivity contribution in [1.29, 1.82) is 0 Å². The van der Waals surface area contributed by atoms with Gasteiger partial charge >= 0.3 is 0 Å². The molecule has 0 spiro atoms. The Morgan fingerprint density at radius 3 is 2.83 bits per heavy atom. The lowest BCUT2D eigenvalue weighted by molar-refractivity contribution is 0.0902. The molecule has 1 aliphatic heterocycles. The van der Waals surface area contributed by atoms with Crippen LogP contribution in [0, 0.1) is 0 Å². The molecule has 7 heteroatoms. The number of hydrogen-bond donors (Lipinski definition) is 1. The number of aromatic nitrogens is 1. The van der Waals surface area contributed by atoms with Crippen molar-refractivity contribution in [2.75, 3.05) is 19.4 Å². The van der Waals surface area contributed by atoms with Gasteiger partial charge in [-0.2, -0.15) is 0 Å². The van der Waals surface area contributed by atoms with Crippen molar-refractivity contribution < 1.29 is 9.47 Å². The molecule has 156 valence electrons. The lowest BCUT2D eigenvalue weighted by Gasteiger charge is -2.26. The van der Waals surface area contributed by atoms with Gasteiger partial charge in [0.05, 0.1) is 12.1 Å². The van der Waals surface area contributed by atoms with Gasteiger partial charge in [0, 0.05) is 28.6 Å². The molecule has 2 aromatic carbocycles. The molecular weight excluding hydrogens is 420 g/mol. The van der Waals surface area contributed by atoms with E-state index in [1.165, 1.54) is 0 Å². The van der Waals surface area contributed by atoms with Gasteiger partial charge in [-0.1, -0.05) is 36.4 Å². The molecule has 0 unspecified atom stereocenters. The van der Waals surface area contributed by atoms with Gasteiger partial charge in [-0.05, 0) is 42.0 Å². The van der Waals surface area contributed by atoms with E-state index in [1.807, 2.05) is 48.7 Å². The number of halogens is 1. The summed E-state index contributed by atoms with van der Waals surface area (Å²) in [5, 5.41) is 4.75. The van der Waals surface area contributed by atoms with Crippen molar-refractivity contribution in [3.8, 4) is 11.5 Å². The van der Waals surface area contributed by atoms with Gasteiger partial charge in [0.25, 0.3) is 5.56 Å². The Morgan fingerprint density at radius 2 is 2.07 bits per heavy atom. The highest BCUT2D eigenvalue weighted by molar-refractivity contribution is 7.98. The minimum absolute atomic E-state index is 0.0683. The highest BCUT2D eigenvalue weighted by Crippen LogP contribution is 2.30. The van der Waals surface area contributed by atoms with Gasteiger partial charge in [-0.25, -0.2) is 0 Å². The first-order valence-electron chi connectivity index (χ1n) is 9.68. The Morgan fingerprint density at radius 1 is 1.27 bits per heavy atom. The van der Waals surface area contributed by atoms with Crippen molar-refractivity contribution in [1.82, 2.24) is 9.88 Å². The van der Waals surface area contributed by atoms with Crippen LogP contribution in [0.15, 0.2) is 69.8 Å². The molecule has 4 rings (SSSR count). The minimum Gasteiger partial charge on any atom is -0.486 e. The van der Waals surface area contributed by atoms with Crippen LogP contribution in [0.2, 0.25) is 0 Å². The van der Waals surface area contributed by atoms with Crippen molar-refractivity contribution in [2.45, 2.75) is 24.1 Å². The fourth-order valence-electron chi connectivity index (χ4n) is 3.53. The number of para-hydroxylation sites is 2. The smallest absolute Gasteiger partial charge is 0.255 e. The summed E-state index contributed by atoms with van der Waals surface area (Å²) < 4.78 is 13.4. The molecule has 2 heterocycles. The van der Waals surface area contributed by atoms with Gasteiger partial charge in [0.2, 0.25) is 0 Å². The zero-order valence-corrected chi connectivity index (χ0v) is 18.3.